The largest absolute Gasteiger partial charge is 0.461 e. The molecule has 0 aliphatic heterocycles. The zero-order chi connectivity index (χ0) is 11.7. The molecule has 0 radical (unpaired) electrons. The summed E-state index contributed by atoms with van der Waals surface area (Å²) in [6, 6.07) is 3.71. The highest BCUT2D eigenvalue weighted by Gasteiger charge is 2.11. The lowest BCUT2D eigenvalue weighted by Crippen LogP contribution is -1.93. The van der Waals surface area contributed by atoms with Crippen LogP contribution in [0.4, 0.5) is 0 Å². The van der Waals surface area contributed by atoms with Crippen molar-refractivity contribution in [1.29, 1.82) is 0 Å². The fourth-order valence-electron chi connectivity index (χ4n) is 1.70. The fourth-order valence-corrected chi connectivity index (χ4v) is 1.70. The van der Waals surface area contributed by atoms with Gasteiger partial charge in [0.2, 0.25) is 0 Å². The molecule has 0 N–H and O–H groups in total. The number of carbonyl (C=O) groups is 1. The molecule has 0 spiro atoms. The van der Waals surface area contributed by atoms with Crippen LogP contribution in [-0.2, 0) is 18.3 Å². The van der Waals surface area contributed by atoms with E-state index in [4.69, 9.17) is 4.42 Å². The number of hydrogen-bond acceptors (Lipinski definition) is 3. The minimum absolute atomic E-state index is 0.101. The first-order chi connectivity index (χ1) is 7.56. The normalized spacial score (nSPS) is 10.7. The molecule has 4 heteroatoms. The summed E-state index contributed by atoms with van der Waals surface area (Å²) in [6.45, 7) is 3.49. The Balaban J connectivity index is 2.31. The molecular formula is C12H14N2O2. The van der Waals surface area contributed by atoms with Crippen molar-refractivity contribution in [2.45, 2.75) is 20.3 Å². The molecular weight excluding hydrogens is 204 g/mol. The zero-order valence-electron chi connectivity index (χ0n) is 9.65. The van der Waals surface area contributed by atoms with Crippen molar-refractivity contribution in [3.05, 3.63) is 29.8 Å². The van der Waals surface area contributed by atoms with E-state index in [0.717, 1.165) is 17.0 Å². The molecule has 2 aromatic rings. The molecule has 2 rings (SSSR count). The Morgan fingerprint density at radius 1 is 1.50 bits per heavy atom. The molecule has 0 amide bonds. The van der Waals surface area contributed by atoms with Crippen molar-refractivity contribution < 1.29 is 9.21 Å². The Morgan fingerprint density at radius 2 is 2.25 bits per heavy atom. The molecule has 0 saturated carbocycles. The van der Waals surface area contributed by atoms with Gasteiger partial charge in [-0.05, 0) is 26.0 Å². The average molecular weight is 218 g/mol. The molecule has 0 fully saturated rings. The van der Waals surface area contributed by atoms with Crippen LogP contribution >= 0.6 is 0 Å². The van der Waals surface area contributed by atoms with Crippen LogP contribution in [0.15, 0.2) is 22.7 Å². The second-order valence-electron chi connectivity index (χ2n) is 3.95. The van der Waals surface area contributed by atoms with Crippen molar-refractivity contribution in [2.24, 2.45) is 7.05 Å². The molecule has 0 atom stereocenters. The maximum atomic E-state index is 11.0. The monoisotopic (exact) mass is 218 g/mol. The summed E-state index contributed by atoms with van der Waals surface area (Å²) in [5, 5.41) is 4.25. The Labute approximate surface area is 93.9 Å². The van der Waals surface area contributed by atoms with Crippen LogP contribution in [0.1, 0.15) is 18.4 Å². The van der Waals surface area contributed by atoms with Gasteiger partial charge in [0.15, 0.2) is 0 Å². The van der Waals surface area contributed by atoms with Crippen molar-refractivity contribution in [1.82, 2.24) is 9.78 Å². The number of carbonyl (C=O) groups excluding carboxylic acids is 1. The lowest BCUT2D eigenvalue weighted by atomic mass is 10.2. The Kier molecular flexibility index (Phi) is 2.64. The van der Waals surface area contributed by atoms with Crippen molar-refractivity contribution >= 4 is 5.78 Å². The molecule has 84 valence electrons. The Hall–Kier alpha value is -1.84. The van der Waals surface area contributed by atoms with Gasteiger partial charge in [-0.3, -0.25) is 9.48 Å². The summed E-state index contributed by atoms with van der Waals surface area (Å²) in [5.41, 5.74) is 1.89. The predicted octanol–water partition coefficient (Wildman–Crippen LogP) is 2.12. The summed E-state index contributed by atoms with van der Waals surface area (Å²) >= 11 is 0. The number of aryl methyl sites for hydroxylation is 2. The fraction of sp³-hybridized carbons (Fsp3) is 0.333. The second kappa shape index (κ2) is 3.96. The lowest BCUT2D eigenvalue weighted by molar-refractivity contribution is -0.116. The summed E-state index contributed by atoms with van der Waals surface area (Å²) in [7, 11) is 1.87. The quantitative estimate of drug-likeness (QED) is 0.792. The van der Waals surface area contributed by atoms with E-state index in [2.05, 4.69) is 5.10 Å². The van der Waals surface area contributed by atoms with Gasteiger partial charge < -0.3 is 4.42 Å². The van der Waals surface area contributed by atoms with Gasteiger partial charge in [0.25, 0.3) is 0 Å². The third kappa shape index (κ3) is 2.05. The van der Waals surface area contributed by atoms with E-state index in [1.165, 1.54) is 0 Å². The van der Waals surface area contributed by atoms with Gasteiger partial charge in [-0.1, -0.05) is 0 Å². The summed E-state index contributed by atoms with van der Waals surface area (Å²) in [4.78, 5) is 11.0. The molecule has 0 aromatic carbocycles. The number of ketones is 1. The van der Waals surface area contributed by atoms with Crippen molar-refractivity contribution in [3.63, 3.8) is 0 Å². The van der Waals surface area contributed by atoms with E-state index in [9.17, 15) is 4.79 Å². The van der Waals surface area contributed by atoms with E-state index in [1.807, 2.05) is 32.3 Å². The van der Waals surface area contributed by atoms with E-state index in [1.54, 1.807) is 11.6 Å². The van der Waals surface area contributed by atoms with Crippen LogP contribution in [0.5, 0.6) is 0 Å². The van der Waals surface area contributed by atoms with Gasteiger partial charge in [-0.2, -0.15) is 5.10 Å². The van der Waals surface area contributed by atoms with Gasteiger partial charge in [-0.15, -0.1) is 0 Å². The van der Waals surface area contributed by atoms with Gasteiger partial charge in [0.1, 0.15) is 17.3 Å². The SMILES string of the molecule is CC(=O)Cc1ccc(-c2cn(C)nc2C)o1. The Bertz CT molecular complexity index is 523. The topological polar surface area (TPSA) is 48.0 Å². The predicted molar refractivity (Wildman–Crippen MR) is 60.0 cm³/mol. The first-order valence-electron chi connectivity index (χ1n) is 5.15. The third-order valence-electron chi connectivity index (χ3n) is 2.36. The number of rotatable bonds is 3. The molecule has 0 aliphatic carbocycles. The molecule has 0 bridgehead atoms. The number of furan rings is 1. The third-order valence-corrected chi connectivity index (χ3v) is 2.36. The minimum Gasteiger partial charge on any atom is -0.461 e. The van der Waals surface area contributed by atoms with E-state index in [-0.39, 0.29) is 5.78 Å². The summed E-state index contributed by atoms with van der Waals surface area (Å²) in [5.74, 6) is 1.57. The molecule has 2 heterocycles. The number of aromatic nitrogens is 2. The van der Waals surface area contributed by atoms with Crippen molar-refractivity contribution in [3.8, 4) is 11.3 Å². The number of Topliss-reactive ketones (excluding diaryl/α,β-unsaturated/α-hetero) is 1. The molecule has 16 heavy (non-hydrogen) atoms. The van der Waals surface area contributed by atoms with Crippen LogP contribution in [0.2, 0.25) is 0 Å². The molecule has 4 nitrogen and oxygen atoms in total. The van der Waals surface area contributed by atoms with Crippen LogP contribution in [0, 0.1) is 6.92 Å². The number of nitrogens with zero attached hydrogens (tertiary/aromatic N) is 2. The second-order valence-corrected chi connectivity index (χ2v) is 3.95. The molecule has 0 unspecified atom stereocenters. The average Bonchev–Trinajstić information content (AvgIpc) is 2.72. The van der Waals surface area contributed by atoms with E-state index >= 15 is 0 Å². The van der Waals surface area contributed by atoms with E-state index < -0.39 is 0 Å². The maximum Gasteiger partial charge on any atom is 0.137 e. The molecule has 2 aromatic heterocycles. The van der Waals surface area contributed by atoms with Gasteiger partial charge in [0.05, 0.1) is 17.7 Å². The highest BCUT2D eigenvalue weighted by molar-refractivity contribution is 5.77. The van der Waals surface area contributed by atoms with Crippen LogP contribution in [0.25, 0.3) is 11.3 Å². The first kappa shape index (κ1) is 10.7. The van der Waals surface area contributed by atoms with Crippen LogP contribution in [0.3, 0.4) is 0 Å². The summed E-state index contributed by atoms with van der Waals surface area (Å²) < 4.78 is 7.35. The molecule has 0 saturated heterocycles. The standard InChI is InChI=1S/C12H14N2O2/c1-8(15)6-10-4-5-12(16-10)11-7-14(3)13-9(11)2/h4-5,7H,6H2,1-3H3. The van der Waals surface area contributed by atoms with Gasteiger partial charge in [0, 0.05) is 13.2 Å². The van der Waals surface area contributed by atoms with Crippen LogP contribution in [-0.4, -0.2) is 15.6 Å². The molecule has 0 aliphatic rings. The van der Waals surface area contributed by atoms with Gasteiger partial charge >= 0.3 is 0 Å². The summed E-state index contributed by atoms with van der Waals surface area (Å²) in [6.07, 6.45) is 2.25. The van der Waals surface area contributed by atoms with E-state index in [0.29, 0.717) is 12.2 Å². The van der Waals surface area contributed by atoms with Gasteiger partial charge in [-0.25, -0.2) is 0 Å². The minimum atomic E-state index is 0.101. The maximum absolute atomic E-state index is 11.0. The zero-order valence-corrected chi connectivity index (χ0v) is 9.65. The lowest BCUT2D eigenvalue weighted by Gasteiger charge is -1.93. The first-order valence-corrected chi connectivity index (χ1v) is 5.15. The Morgan fingerprint density at radius 3 is 2.81 bits per heavy atom. The van der Waals surface area contributed by atoms with Crippen molar-refractivity contribution in [2.75, 3.05) is 0 Å². The smallest absolute Gasteiger partial charge is 0.137 e. The number of hydrogen-bond donors (Lipinski definition) is 0. The van der Waals surface area contributed by atoms with Crippen LogP contribution < -0.4 is 0 Å². The highest BCUT2D eigenvalue weighted by Crippen LogP contribution is 2.24. The highest BCUT2D eigenvalue weighted by atomic mass is 16.3.